The molecular formula is C17H20N2O3S. The molecule has 1 aromatic heterocycles. The van der Waals surface area contributed by atoms with Crippen LogP contribution in [0.25, 0.3) is 0 Å². The predicted octanol–water partition coefficient (Wildman–Crippen LogP) is 2.76. The maximum absolute atomic E-state index is 12.4. The summed E-state index contributed by atoms with van der Waals surface area (Å²) in [6.45, 7) is 0.385. The number of aromatic nitrogens is 1. The molecule has 2 atom stereocenters. The summed E-state index contributed by atoms with van der Waals surface area (Å²) in [6.07, 6.45) is 3.19. The Hall–Kier alpha value is -1.92. The SMILES string of the molecule is O=C(NC1CCCCC1O)c1cccc(OCc2cscn2)c1. The summed E-state index contributed by atoms with van der Waals surface area (Å²) < 4.78 is 5.67. The van der Waals surface area contributed by atoms with Crippen LogP contribution in [0.5, 0.6) is 5.75 Å². The minimum atomic E-state index is -0.447. The van der Waals surface area contributed by atoms with Gasteiger partial charge >= 0.3 is 0 Å². The second-order valence-corrected chi connectivity index (χ2v) is 6.45. The van der Waals surface area contributed by atoms with Crippen molar-refractivity contribution >= 4 is 17.2 Å². The van der Waals surface area contributed by atoms with Gasteiger partial charge in [-0.15, -0.1) is 11.3 Å². The highest BCUT2D eigenvalue weighted by Gasteiger charge is 2.24. The highest BCUT2D eigenvalue weighted by atomic mass is 32.1. The molecule has 0 radical (unpaired) electrons. The molecule has 23 heavy (non-hydrogen) atoms. The number of thiazole rings is 1. The van der Waals surface area contributed by atoms with Gasteiger partial charge in [0, 0.05) is 10.9 Å². The molecular weight excluding hydrogens is 312 g/mol. The lowest BCUT2D eigenvalue weighted by atomic mass is 9.92. The predicted molar refractivity (Wildman–Crippen MR) is 88.6 cm³/mol. The van der Waals surface area contributed by atoms with Crippen molar-refractivity contribution in [1.29, 1.82) is 0 Å². The van der Waals surface area contributed by atoms with Crippen molar-refractivity contribution < 1.29 is 14.6 Å². The summed E-state index contributed by atoms with van der Waals surface area (Å²) in [5.41, 5.74) is 3.17. The fourth-order valence-corrected chi connectivity index (χ4v) is 3.27. The van der Waals surface area contributed by atoms with Crippen molar-refractivity contribution in [1.82, 2.24) is 10.3 Å². The van der Waals surface area contributed by atoms with Gasteiger partial charge in [0.2, 0.25) is 0 Å². The van der Waals surface area contributed by atoms with Gasteiger partial charge < -0.3 is 15.2 Å². The molecule has 0 aliphatic heterocycles. The Bertz CT molecular complexity index is 645. The van der Waals surface area contributed by atoms with E-state index >= 15 is 0 Å². The number of rotatable bonds is 5. The number of hydrogen-bond donors (Lipinski definition) is 2. The first-order valence-electron chi connectivity index (χ1n) is 7.81. The molecule has 3 rings (SSSR count). The van der Waals surface area contributed by atoms with Crippen LogP contribution in [-0.4, -0.2) is 28.1 Å². The molecule has 2 N–H and O–H groups in total. The third-order valence-electron chi connectivity index (χ3n) is 4.01. The van der Waals surface area contributed by atoms with Crippen LogP contribution in [-0.2, 0) is 6.61 Å². The molecule has 1 heterocycles. The van der Waals surface area contributed by atoms with Gasteiger partial charge in [-0.2, -0.15) is 0 Å². The van der Waals surface area contributed by atoms with Crippen LogP contribution in [0.15, 0.2) is 35.2 Å². The molecule has 0 saturated heterocycles. The van der Waals surface area contributed by atoms with Crippen LogP contribution in [0.4, 0.5) is 0 Å². The lowest BCUT2D eigenvalue weighted by Crippen LogP contribution is -2.45. The average molecular weight is 332 g/mol. The van der Waals surface area contributed by atoms with Crippen LogP contribution < -0.4 is 10.1 Å². The summed E-state index contributed by atoms with van der Waals surface area (Å²) in [5, 5.41) is 14.8. The Morgan fingerprint density at radius 2 is 2.26 bits per heavy atom. The summed E-state index contributed by atoms with van der Waals surface area (Å²) in [7, 11) is 0. The van der Waals surface area contributed by atoms with Crippen LogP contribution in [0.3, 0.4) is 0 Å². The number of ether oxygens (including phenoxy) is 1. The van der Waals surface area contributed by atoms with E-state index in [4.69, 9.17) is 4.74 Å². The molecule has 122 valence electrons. The molecule has 1 aliphatic rings. The minimum Gasteiger partial charge on any atom is -0.487 e. The Labute approximate surface area is 139 Å². The van der Waals surface area contributed by atoms with E-state index in [1.807, 2.05) is 11.4 Å². The van der Waals surface area contributed by atoms with E-state index in [2.05, 4.69) is 10.3 Å². The average Bonchev–Trinajstić information content (AvgIpc) is 3.09. The number of hydrogen-bond acceptors (Lipinski definition) is 5. The molecule has 2 unspecified atom stereocenters. The van der Waals surface area contributed by atoms with Crippen molar-refractivity contribution in [2.75, 3.05) is 0 Å². The number of aliphatic hydroxyl groups is 1. The van der Waals surface area contributed by atoms with Gasteiger partial charge in [-0.25, -0.2) is 4.98 Å². The Morgan fingerprint density at radius 1 is 1.39 bits per heavy atom. The molecule has 0 bridgehead atoms. The van der Waals surface area contributed by atoms with Crippen LogP contribution >= 0.6 is 11.3 Å². The van der Waals surface area contributed by atoms with E-state index in [0.29, 0.717) is 17.9 Å². The summed E-state index contributed by atoms with van der Waals surface area (Å²) >= 11 is 1.52. The first-order valence-corrected chi connectivity index (χ1v) is 8.75. The fourth-order valence-electron chi connectivity index (χ4n) is 2.72. The summed E-state index contributed by atoms with van der Waals surface area (Å²) in [5.74, 6) is 0.463. The second-order valence-electron chi connectivity index (χ2n) is 5.73. The van der Waals surface area contributed by atoms with Crippen LogP contribution in [0.2, 0.25) is 0 Å². The molecule has 6 heteroatoms. The zero-order valence-corrected chi connectivity index (χ0v) is 13.6. The second kappa shape index (κ2) is 7.57. The standard InChI is InChI=1S/C17H20N2O3S/c20-16-7-2-1-6-15(16)19-17(21)12-4-3-5-14(8-12)22-9-13-10-23-11-18-13/h3-5,8,10-11,15-16,20H,1-2,6-7,9H2,(H,19,21). The van der Waals surface area contributed by atoms with Gasteiger partial charge in [-0.1, -0.05) is 18.9 Å². The Balaban J connectivity index is 1.60. The van der Waals surface area contributed by atoms with Gasteiger partial charge in [-0.3, -0.25) is 4.79 Å². The van der Waals surface area contributed by atoms with Crippen molar-refractivity contribution in [3.05, 3.63) is 46.4 Å². The van der Waals surface area contributed by atoms with Gasteiger partial charge in [-0.05, 0) is 31.0 Å². The normalized spacial score (nSPS) is 20.9. The maximum Gasteiger partial charge on any atom is 0.251 e. The molecule has 1 aromatic carbocycles. The van der Waals surface area contributed by atoms with Crippen molar-refractivity contribution in [2.45, 2.75) is 44.4 Å². The summed E-state index contributed by atoms with van der Waals surface area (Å²) in [6, 6.07) is 6.93. The zero-order valence-electron chi connectivity index (χ0n) is 12.8. The van der Waals surface area contributed by atoms with Crippen LogP contribution in [0.1, 0.15) is 41.7 Å². The molecule has 1 aliphatic carbocycles. The number of nitrogens with zero attached hydrogens (tertiary/aromatic N) is 1. The van der Waals surface area contributed by atoms with Gasteiger partial charge in [0.05, 0.1) is 23.4 Å². The highest BCUT2D eigenvalue weighted by molar-refractivity contribution is 7.07. The van der Waals surface area contributed by atoms with E-state index in [-0.39, 0.29) is 11.9 Å². The fraction of sp³-hybridized carbons (Fsp3) is 0.412. The monoisotopic (exact) mass is 332 g/mol. The van der Waals surface area contributed by atoms with Crippen molar-refractivity contribution in [3.63, 3.8) is 0 Å². The minimum absolute atomic E-state index is 0.157. The maximum atomic E-state index is 12.4. The van der Waals surface area contributed by atoms with Gasteiger partial charge in [0.1, 0.15) is 12.4 Å². The Kier molecular flexibility index (Phi) is 5.25. The smallest absolute Gasteiger partial charge is 0.251 e. The number of amides is 1. The molecule has 2 aromatic rings. The number of benzene rings is 1. The third-order valence-corrected chi connectivity index (χ3v) is 4.65. The first kappa shape index (κ1) is 16.0. The molecule has 1 saturated carbocycles. The molecule has 0 spiro atoms. The third kappa shape index (κ3) is 4.30. The first-order chi connectivity index (χ1) is 11.2. The Morgan fingerprint density at radius 3 is 3.04 bits per heavy atom. The van der Waals surface area contributed by atoms with Crippen LogP contribution in [0, 0.1) is 0 Å². The van der Waals surface area contributed by atoms with E-state index in [0.717, 1.165) is 31.4 Å². The van der Waals surface area contributed by atoms with E-state index in [1.54, 1.807) is 23.7 Å². The number of nitrogens with one attached hydrogen (secondary N) is 1. The van der Waals surface area contributed by atoms with E-state index in [9.17, 15) is 9.90 Å². The van der Waals surface area contributed by atoms with Crippen molar-refractivity contribution in [3.8, 4) is 5.75 Å². The highest BCUT2D eigenvalue weighted by Crippen LogP contribution is 2.20. The number of carbonyl (C=O) groups is 1. The summed E-state index contributed by atoms with van der Waals surface area (Å²) in [4.78, 5) is 16.5. The lowest BCUT2D eigenvalue weighted by Gasteiger charge is -2.28. The largest absolute Gasteiger partial charge is 0.487 e. The zero-order chi connectivity index (χ0) is 16.1. The molecule has 5 nitrogen and oxygen atoms in total. The molecule has 1 amide bonds. The van der Waals surface area contributed by atoms with E-state index in [1.165, 1.54) is 11.3 Å². The van der Waals surface area contributed by atoms with Crippen molar-refractivity contribution in [2.24, 2.45) is 0 Å². The number of carbonyl (C=O) groups excluding carboxylic acids is 1. The van der Waals surface area contributed by atoms with Gasteiger partial charge in [0.25, 0.3) is 5.91 Å². The lowest BCUT2D eigenvalue weighted by molar-refractivity contribution is 0.0717. The number of aliphatic hydroxyl groups excluding tert-OH is 1. The van der Waals surface area contributed by atoms with E-state index < -0.39 is 6.10 Å². The topological polar surface area (TPSA) is 71.5 Å². The molecule has 1 fully saturated rings. The quantitative estimate of drug-likeness (QED) is 0.883. The van der Waals surface area contributed by atoms with Gasteiger partial charge in [0.15, 0.2) is 0 Å².